The molecule has 1 saturated carbocycles. The van der Waals surface area contributed by atoms with Gasteiger partial charge in [0.25, 0.3) is 0 Å². The normalized spacial score (nSPS) is 25.2. The number of fused-ring (bicyclic) bond motifs is 2. The fraction of sp³-hybridized carbons (Fsp3) is 0.462. The molecule has 3 rings (SSSR count). The third-order valence-corrected chi connectivity index (χ3v) is 4.06. The van der Waals surface area contributed by atoms with E-state index in [0.29, 0.717) is 5.56 Å². The molecule has 0 aliphatic heterocycles. The Labute approximate surface area is 94.3 Å². The molecule has 1 fully saturated rings. The Balaban J connectivity index is 2.14. The van der Waals surface area contributed by atoms with Gasteiger partial charge in [0.15, 0.2) is 0 Å². The van der Waals surface area contributed by atoms with Crippen LogP contribution in [0.4, 0.5) is 0 Å². The van der Waals surface area contributed by atoms with Gasteiger partial charge in [-0.25, -0.2) is 4.79 Å². The second kappa shape index (κ2) is 3.08. The number of carboxylic acids is 1. The molecule has 1 unspecified atom stereocenters. The van der Waals surface area contributed by atoms with Crippen LogP contribution in [0.15, 0.2) is 18.2 Å². The molecule has 1 atom stereocenters. The molecule has 1 spiro atoms. The molecule has 2 aliphatic rings. The van der Waals surface area contributed by atoms with E-state index < -0.39 is 5.97 Å². The molecule has 0 radical (unpaired) electrons. The molecule has 2 aliphatic carbocycles. The van der Waals surface area contributed by atoms with Gasteiger partial charge in [-0.3, -0.25) is 0 Å². The number of benzene rings is 1. The van der Waals surface area contributed by atoms with Crippen LogP contribution in [0.1, 0.15) is 53.2 Å². The fourth-order valence-corrected chi connectivity index (χ4v) is 2.86. The van der Waals surface area contributed by atoms with Gasteiger partial charge < -0.3 is 10.8 Å². The van der Waals surface area contributed by atoms with E-state index in [1.54, 1.807) is 6.07 Å². The highest BCUT2D eigenvalue weighted by Crippen LogP contribution is 2.57. The van der Waals surface area contributed by atoms with Gasteiger partial charge >= 0.3 is 5.97 Å². The number of hydrogen-bond acceptors (Lipinski definition) is 2. The van der Waals surface area contributed by atoms with Gasteiger partial charge in [-0.1, -0.05) is 6.07 Å². The van der Waals surface area contributed by atoms with Gasteiger partial charge in [0, 0.05) is 6.04 Å². The van der Waals surface area contributed by atoms with E-state index in [1.807, 2.05) is 12.1 Å². The minimum absolute atomic E-state index is 0.0871. The first-order valence-electron chi connectivity index (χ1n) is 5.76. The average Bonchev–Trinajstić information content (AvgIpc) is 3.05. The van der Waals surface area contributed by atoms with E-state index in [1.165, 1.54) is 18.4 Å². The molecular weight excluding hydrogens is 202 g/mol. The number of carbonyl (C=O) groups is 1. The van der Waals surface area contributed by atoms with Crippen LogP contribution in [-0.4, -0.2) is 11.1 Å². The van der Waals surface area contributed by atoms with Crippen LogP contribution in [0, 0.1) is 0 Å². The van der Waals surface area contributed by atoms with E-state index in [4.69, 9.17) is 10.8 Å². The summed E-state index contributed by atoms with van der Waals surface area (Å²) in [7, 11) is 0. The molecule has 0 saturated heterocycles. The van der Waals surface area contributed by atoms with Gasteiger partial charge in [0.05, 0.1) is 5.56 Å². The van der Waals surface area contributed by atoms with Crippen molar-refractivity contribution >= 4 is 5.97 Å². The van der Waals surface area contributed by atoms with Crippen molar-refractivity contribution in [1.82, 2.24) is 0 Å². The Bertz CT molecular complexity index is 463. The van der Waals surface area contributed by atoms with Crippen molar-refractivity contribution in [3.63, 3.8) is 0 Å². The summed E-state index contributed by atoms with van der Waals surface area (Å²) in [5, 5.41) is 9.01. The lowest BCUT2D eigenvalue weighted by atomic mass is 9.77. The number of nitrogens with two attached hydrogens (primary N) is 1. The zero-order chi connectivity index (χ0) is 11.3. The molecule has 3 heteroatoms. The van der Waals surface area contributed by atoms with Crippen molar-refractivity contribution in [3.05, 3.63) is 34.9 Å². The predicted molar refractivity (Wildman–Crippen MR) is 60.5 cm³/mol. The standard InChI is InChI=1S/C13H15NO2/c14-11-3-4-13(5-6-13)10-7-8(12(15)16)1-2-9(10)11/h1-2,7,11H,3-6,14H2,(H,15,16). The summed E-state index contributed by atoms with van der Waals surface area (Å²) in [6, 6.07) is 5.50. The number of aromatic carboxylic acids is 1. The maximum absolute atomic E-state index is 11.0. The summed E-state index contributed by atoms with van der Waals surface area (Å²) in [6.45, 7) is 0. The third-order valence-electron chi connectivity index (χ3n) is 4.06. The van der Waals surface area contributed by atoms with Crippen LogP contribution in [0.3, 0.4) is 0 Å². The zero-order valence-corrected chi connectivity index (χ0v) is 9.07. The van der Waals surface area contributed by atoms with Crippen molar-refractivity contribution in [2.75, 3.05) is 0 Å². The Morgan fingerprint density at radius 1 is 1.38 bits per heavy atom. The SMILES string of the molecule is NC1CCC2(CC2)c2cc(C(=O)O)ccc21. The van der Waals surface area contributed by atoms with Crippen molar-refractivity contribution in [1.29, 1.82) is 0 Å². The highest BCUT2D eigenvalue weighted by Gasteiger charge is 2.48. The third kappa shape index (κ3) is 1.28. The fourth-order valence-electron chi connectivity index (χ4n) is 2.86. The number of rotatable bonds is 1. The van der Waals surface area contributed by atoms with Crippen LogP contribution >= 0.6 is 0 Å². The largest absolute Gasteiger partial charge is 0.478 e. The van der Waals surface area contributed by atoms with Crippen LogP contribution in [0.2, 0.25) is 0 Å². The second-order valence-electron chi connectivity index (χ2n) is 5.03. The lowest BCUT2D eigenvalue weighted by Gasteiger charge is -2.30. The van der Waals surface area contributed by atoms with Gasteiger partial charge in [0.1, 0.15) is 0 Å². The van der Waals surface area contributed by atoms with Crippen LogP contribution < -0.4 is 5.73 Å². The van der Waals surface area contributed by atoms with E-state index in [2.05, 4.69) is 0 Å². The molecule has 84 valence electrons. The summed E-state index contributed by atoms with van der Waals surface area (Å²) >= 11 is 0. The zero-order valence-electron chi connectivity index (χ0n) is 9.07. The predicted octanol–water partition coefficient (Wildman–Crippen LogP) is 2.21. The van der Waals surface area contributed by atoms with E-state index in [9.17, 15) is 4.79 Å². The summed E-state index contributed by atoms with van der Waals surface area (Å²) in [6.07, 6.45) is 4.52. The lowest BCUT2D eigenvalue weighted by Crippen LogP contribution is -2.25. The molecule has 1 aromatic carbocycles. The molecular formula is C13H15NO2. The van der Waals surface area contributed by atoms with Crippen molar-refractivity contribution in [2.45, 2.75) is 37.1 Å². The van der Waals surface area contributed by atoms with E-state index >= 15 is 0 Å². The van der Waals surface area contributed by atoms with Gasteiger partial charge in [-0.2, -0.15) is 0 Å². The highest BCUT2D eigenvalue weighted by molar-refractivity contribution is 5.88. The Kier molecular flexibility index (Phi) is 1.89. The van der Waals surface area contributed by atoms with Gasteiger partial charge in [-0.05, 0) is 54.4 Å². The quantitative estimate of drug-likeness (QED) is 0.758. The molecule has 16 heavy (non-hydrogen) atoms. The summed E-state index contributed by atoms with van der Waals surface area (Å²) < 4.78 is 0. The minimum Gasteiger partial charge on any atom is -0.478 e. The number of hydrogen-bond donors (Lipinski definition) is 2. The van der Waals surface area contributed by atoms with E-state index in [-0.39, 0.29) is 11.5 Å². The van der Waals surface area contributed by atoms with Crippen LogP contribution in [-0.2, 0) is 5.41 Å². The number of carboxylic acid groups (broad SMARTS) is 1. The highest BCUT2D eigenvalue weighted by atomic mass is 16.4. The van der Waals surface area contributed by atoms with Crippen LogP contribution in [0.25, 0.3) is 0 Å². The molecule has 1 aromatic rings. The maximum atomic E-state index is 11.0. The van der Waals surface area contributed by atoms with E-state index in [0.717, 1.165) is 18.4 Å². The Morgan fingerprint density at radius 3 is 2.75 bits per heavy atom. The first kappa shape index (κ1) is 9.85. The first-order valence-corrected chi connectivity index (χ1v) is 5.76. The summed E-state index contributed by atoms with van der Waals surface area (Å²) in [4.78, 5) is 11.0. The van der Waals surface area contributed by atoms with Crippen molar-refractivity contribution in [3.8, 4) is 0 Å². The molecule has 0 aromatic heterocycles. The summed E-state index contributed by atoms with van der Waals surface area (Å²) in [5.41, 5.74) is 9.10. The topological polar surface area (TPSA) is 63.3 Å². The molecule has 0 amide bonds. The van der Waals surface area contributed by atoms with Crippen molar-refractivity contribution in [2.24, 2.45) is 5.73 Å². The lowest BCUT2D eigenvalue weighted by molar-refractivity contribution is 0.0696. The maximum Gasteiger partial charge on any atom is 0.335 e. The molecule has 3 N–H and O–H groups in total. The second-order valence-corrected chi connectivity index (χ2v) is 5.03. The Hall–Kier alpha value is -1.35. The molecule has 0 heterocycles. The average molecular weight is 217 g/mol. The first-order chi connectivity index (χ1) is 7.62. The van der Waals surface area contributed by atoms with Gasteiger partial charge in [0.2, 0.25) is 0 Å². The van der Waals surface area contributed by atoms with Crippen molar-refractivity contribution < 1.29 is 9.90 Å². The monoisotopic (exact) mass is 217 g/mol. The molecule has 3 nitrogen and oxygen atoms in total. The van der Waals surface area contributed by atoms with Gasteiger partial charge in [-0.15, -0.1) is 0 Å². The smallest absolute Gasteiger partial charge is 0.335 e. The minimum atomic E-state index is -0.849. The Morgan fingerprint density at radius 2 is 2.12 bits per heavy atom. The molecule has 0 bridgehead atoms. The van der Waals surface area contributed by atoms with Crippen LogP contribution in [0.5, 0.6) is 0 Å². The summed E-state index contributed by atoms with van der Waals surface area (Å²) in [5.74, 6) is -0.849.